The van der Waals surface area contributed by atoms with Gasteiger partial charge in [0, 0.05) is 30.4 Å². The van der Waals surface area contributed by atoms with Crippen molar-refractivity contribution in [3.63, 3.8) is 0 Å². The van der Waals surface area contributed by atoms with Gasteiger partial charge < -0.3 is 10.1 Å². The number of hydrogen-bond acceptors (Lipinski definition) is 3. The third-order valence-corrected chi connectivity index (χ3v) is 3.80. The van der Waals surface area contributed by atoms with Crippen LogP contribution < -0.4 is 10.1 Å². The molecule has 2 rings (SSSR count). The minimum atomic E-state index is 0.662. The second kappa shape index (κ2) is 6.19. The third-order valence-electron chi connectivity index (χ3n) is 3.80. The predicted octanol–water partition coefficient (Wildman–Crippen LogP) is 3.07. The molecule has 18 heavy (non-hydrogen) atoms. The Bertz CT molecular complexity index is 384. The van der Waals surface area contributed by atoms with Crippen molar-refractivity contribution >= 4 is 0 Å². The van der Waals surface area contributed by atoms with Crippen LogP contribution in [-0.2, 0) is 6.54 Å². The van der Waals surface area contributed by atoms with Gasteiger partial charge in [0.05, 0.1) is 12.8 Å². The van der Waals surface area contributed by atoms with E-state index in [1.807, 2.05) is 19.1 Å². The van der Waals surface area contributed by atoms with Gasteiger partial charge in [-0.1, -0.05) is 6.92 Å². The normalized spacial score (nSPS) is 23.9. The first-order valence-electron chi connectivity index (χ1n) is 6.92. The van der Waals surface area contributed by atoms with Crippen molar-refractivity contribution in [2.24, 2.45) is 5.92 Å². The zero-order valence-electron chi connectivity index (χ0n) is 11.7. The van der Waals surface area contributed by atoms with Gasteiger partial charge in [-0.3, -0.25) is 4.98 Å². The van der Waals surface area contributed by atoms with Gasteiger partial charge in [-0.05, 0) is 38.5 Å². The van der Waals surface area contributed by atoms with E-state index < -0.39 is 0 Å². The molecular weight excluding hydrogens is 224 g/mol. The molecule has 100 valence electrons. The number of aryl methyl sites for hydroxylation is 1. The lowest BCUT2D eigenvalue weighted by molar-refractivity contribution is 0.305. The van der Waals surface area contributed by atoms with Gasteiger partial charge in [0.2, 0.25) is 0 Å². The molecule has 0 aliphatic heterocycles. The van der Waals surface area contributed by atoms with Crippen LogP contribution in [0, 0.1) is 12.8 Å². The van der Waals surface area contributed by atoms with E-state index in [0.29, 0.717) is 6.04 Å². The molecule has 1 aromatic heterocycles. The van der Waals surface area contributed by atoms with Crippen molar-refractivity contribution < 1.29 is 4.74 Å². The van der Waals surface area contributed by atoms with Gasteiger partial charge in [0.15, 0.2) is 0 Å². The summed E-state index contributed by atoms with van der Waals surface area (Å²) in [5.41, 5.74) is 2.09. The Morgan fingerprint density at radius 3 is 2.67 bits per heavy atom. The first kappa shape index (κ1) is 13.3. The number of ether oxygens (including phenoxy) is 1. The Labute approximate surface area is 110 Å². The number of methoxy groups -OCH3 is 1. The van der Waals surface area contributed by atoms with Crippen LogP contribution in [0.5, 0.6) is 5.75 Å². The molecule has 1 fully saturated rings. The van der Waals surface area contributed by atoms with E-state index in [1.54, 1.807) is 7.11 Å². The Morgan fingerprint density at radius 2 is 2.00 bits per heavy atom. The third kappa shape index (κ3) is 3.70. The maximum Gasteiger partial charge on any atom is 0.122 e. The van der Waals surface area contributed by atoms with Crippen LogP contribution in [-0.4, -0.2) is 18.1 Å². The summed E-state index contributed by atoms with van der Waals surface area (Å²) < 4.78 is 5.27. The van der Waals surface area contributed by atoms with E-state index in [-0.39, 0.29) is 0 Å². The summed E-state index contributed by atoms with van der Waals surface area (Å²) in [6, 6.07) is 4.64. The molecule has 0 unspecified atom stereocenters. The fourth-order valence-electron chi connectivity index (χ4n) is 2.62. The van der Waals surface area contributed by atoms with Gasteiger partial charge in [0.1, 0.15) is 5.75 Å². The van der Waals surface area contributed by atoms with Crippen LogP contribution in [0.15, 0.2) is 12.1 Å². The number of rotatable bonds is 4. The van der Waals surface area contributed by atoms with E-state index in [0.717, 1.165) is 29.6 Å². The lowest BCUT2D eigenvalue weighted by Crippen LogP contribution is -2.32. The quantitative estimate of drug-likeness (QED) is 0.889. The highest BCUT2D eigenvalue weighted by Gasteiger charge is 2.17. The van der Waals surface area contributed by atoms with Crippen molar-refractivity contribution in [3.05, 3.63) is 23.5 Å². The summed E-state index contributed by atoms with van der Waals surface area (Å²) in [6.07, 6.45) is 5.29. The van der Waals surface area contributed by atoms with Crippen LogP contribution in [0.25, 0.3) is 0 Å². The molecule has 3 heteroatoms. The molecule has 1 heterocycles. The highest BCUT2D eigenvalue weighted by atomic mass is 16.5. The highest BCUT2D eigenvalue weighted by Crippen LogP contribution is 2.23. The molecule has 1 saturated carbocycles. The van der Waals surface area contributed by atoms with Gasteiger partial charge in [-0.15, -0.1) is 0 Å². The van der Waals surface area contributed by atoms with Crippen LogP contribution in [0.1, 0.15) is 44.0 Å². The molecule has 0 saturated heterocycles. The van der Waals surface area contributed by atoms with E-state index >= 15 is 0 Å². The number of nitrogens with one attached hydrogen (secondary N) is 1. The minimum absolute atomic E-state index is 0.662. The molecule has 0 spiro atoms. The zero-order valence-corrected chi connectivity index (χ0v) is 11.7. The number of aromatic nitrogens is 1. The first-order chi connectivity index (χ1) is 8.67. The van der Waals surface area contributed by atoms with Gasteiger partial charge in [0.25, 0.3) is 0 Å². The topological polar surface area (TPSA) is 34.1 Å². The summed E-state index contributed by atoms with van der Waals surface area (Å²) >= 11 is 0. The second-order valence-corrected chi connectivity index (χ2v) is 5.48. The molecule has 0 radical (unpaired) electrons. The lowest BCUT2D eigenvalue weighted by Gasteiger charge is -2.27. The van der Waals surface area contributed by atoms with E-state index in [9.17, 15) is 0 Å². The van der Waals surface area contributed by atoms with Crippen LogP contribution in [0.2, 0.25) is 0 Å². The molecule has 0 atom stereocenters. The van der Waals surface area contributed by atoms with Crippen LogP contribution >= 0.6 is 0 Å². The van der Waals surface area contributed by atoms with Crippen molar-refractivity contribution in [1.82, 2.24) is 10.3 Å². The Morgan fingerprint density at radius 1 is 1.28 bits per heavy atom. The monoisotopic (exact) mass is 248 g/mol. The van der Waals surface area contributed by atoms with Crippen molar-refractivity contribution in [2.75, 3.05) is 7.11 Å². The largest absolute Gasteiger partial charge is 0.497 e. The van der Waals surface area contributed by atoms with Crippen LogP contribution in [0.4, 0.5) is 0 Å². The molecule has 1 aromatic rings. The lowest BCUT2D eigenvalue weighted by atomic mass is 9.87. The molecule has 0 aromatic carbocycles. The molecule has 1 N–H and O–H groups in total. The highest BCUT2D eigenvalue weighted by molar-refractivity contribution is 5.26. The smallest absolute Gasteiger partial charge is 0.122 e. The fourth-order valence-corrected chi connectivity index (χ4v) is 2.62. The average Bonchev–Trinajstić information content (AvgIpc) is 2.37. The molecule has 0 bridgehead atoms. The summed E-state index contributed by atoms with van der Waals surface area (Å²) in [5.74, 6) is 1.80. The Hall–Kier alpha value is -1.09. The average molecular weight is 248 g/mol. The maximum atomic E-state index is 5.27. The Balaban J connectivity index is 1.88. The van der Waals surface area contributed by atoms with Crippen molar-refractivity contribution in [3.8, 4) is 5.75 Å². The number of pyridine rings is 1. The molecule has 1 aliphatic rings. The van der Waals surface area contributed by atoms with E-state index in [1.165, 1.54) is 25.7 Å². The predicted molar refractivity (Wildman–Crippen MR) is 73.8 cm³/mol. The molecule has 0 amide bonds. The fraction of sp³-hybridized carbons (Fsp3) is 0.667. The maximum absolute atomic E-state index is 5.27. The van der Waals surface area contributed by atoms with Crippen LogP contribution in [0.3, 0.4) is 0 Å². The van der Waals surface area contributed by atoms with Crippen molar-refractivity contribution in [1.29, 1.82) is 0 Å². The van der Waals surface area contributed by atoms with Gasteiger partial charge >= 0.3 is 0 Å². The van der Waals surface area contributed by atoms with E-state index in [4.69, 9.17) is 4.74 Å². The standard InChI is InChI=1S/C15H24N2O/c1-11-4-6-13(7-5-11)16-10-14-9-15(18-3)8-12(2)17-14/h8-9,11,13,16H,4-7,10H2,1-3H3. The summed E-state index contributed by atoms with van der Waals surface area (Å²) in [6.45, 7) is 5.20. The van der Waals surface area contributed by atoms with Gasteiger partial charge in [-0.25, -0.2) is 0 Å². The number of nitrogens with zero attached hydrogens (tertiary/aromatic N) is 1. The van der Waals surface area contributed by atoms with Crippen molar-refractivity contribution in [2.45, 2.75) is 52.1 Å². The minimum Gasteiger partial charge on any atom is -0.497 e. The SMILES string of the molecule is COc1cc(C)nc(CNC2CCC(C)CC2)c1. The summed E-state index contributed by atoms with van der Waals surface area (Å²) in [7, 11) is 1.70. The second-order valence-electron chi connectivity index (χ2n) is 5.48. The first-order valence-corrected chi connectivity index (χ1v) is 6.92. The molecule has 3 nitrogen and oxygen atoms in total. The van der Waals surface area contributed by atoms with E-state index in [2.05, 4.69) is 17.2 Å². The molecular formula is C15H24N2O. The molecule has 1 aliphatic carbocycles. The summed E-state index contributed by atoms with van der Waals surface area (Å²) in [4.78, 5) is 4.54. The number of hydrogen-bond donors (Lipinski definition) is 1. The zero-order chi connectivity index (χ0) is 13.0. The Kier molecular flexibility index (Phi) is 4.59. The van der Waals surface area contributed by atoms with Gasteiger partial charge in [-0.2, -0.15) is 0 Å². The summed E-state index contributed by atoms with van der Waals surface area (Å²) in [5, 5.41) is 3.62.